The van der Waals surface area contributed by atoms with Crippen LogP contribution in [0.5, 0.6) is 0 Å². The maximum atomic E-state index is 12.0. The van der Waals surface area contributed by atoms with Crippen LogP contribution in [0.4, 0.5) is 10.5 Å². The number of nitrogens with zero attached hydrogens (tertiary/aromatic N) is 5. The summed E-state index contributed by atoms with van der Waals surface area (Å²) in [5.41, 5.74) is 0.803. The quantitative estimate of drug-likeness (QED) is 0.785. The number of carbonyl (C=O) groups excluding carboxylic acids is 1. The van der Waals surface area contributed by atoms with Crippen molar-refractivity contribution in [2.24, 2.45) is 10.3 Å². The second kappa shape index (κ2) is 7.09. The maximum Gasteiger partial charge on any atom is 0.410 e. The minimum absolute atomic E-state index is 0.291. The molecule has 0 saturated carbocycles. The summed E-state index contributed by atoms with van der Waals surface area (Å²) < 4.78 is 5.35. The van der Waals surface area contributed by atoms with Gasteiger partial charge in [-0.1, -0.05) is 5.22 Å². The normalized spacial score (nSPS) is 15.6. The first-order chi connectivity index (χ1) is 10.9. The van der Waals surface area contributed by atoms with Crippen molar-refractivity contribution in [3.8, 4) is 6.07 Å². The van der Waals surface area contributed by atoms with E-state index in [9.17, 15) is 4.79 Å². The lowest BCUT2D eigenvalue weighted by Gasteiger charge is -2.33. The third-order valence-electron chi connectivity index (χ3n) is 3.19. The first kappa shape index (κ1) is 16.7. The van der Waals surface area contributed by atoms with E-state index in [1.165, 1.54) is 0 Å². The van der Waals surface area contributed by atoms with E-state index in [1.807, 2.05) is 25.8 Å². The molecule has 1 aromatic rings. The highest BCUT2D eigenvalue weighted by Crippen LogP contribution is 2.15. The van der Waals surface area contributed by atoms with Gasteiger partial charge in [0.25, 0.3) is 0 Å². The fourth-order valence-corrected chi connectivity index (χ4v) is 2.01. The van der Waals surface area contributed by atoms with Crippen LogP contribution in [0.2, 0.25) is 0 Å². The predicted octanol–water partition coefficient (Wildman–Crippen LogP) is 3.11. The zero-order valence-electron chi connectivity index (χ0n) is 13.7. The first-order valence-electron chi connectivity index (χ1n) is 7.52. The molecular formula is C16H21N5O2. The lowest BCUT2D eigenvalue weighted by atomic mass is 10.2. The third kappa shape index (κ3) is 5.25. The first-order valence-corrected chi connectivity index (χ1v) is 7.52. The standard InChI is InChI=1S/C16H21N5O2/c1-16(2,3)23-15(22)20-8-10-21(11-9-20)19-18-14-6-4-13(12-17)5-7-14/h4-7H,8-11H2,1-3H3. The van der Waals surface area contributed by atoms with Crippen LogP contribution in [0, 0.1) is 11.3 Å². The Bertz CT molecular complexity index is 605. The van der Waals surface area contributed by atoms with Gasteiger partial charge in [0, 0.05) is 13.1 Å². The molecule has 0 aliphatic carbocycles. The van der Waals surface area contributed by atoms with Gasteiger partial charge in [-0.25, -0.2) is 4.79 Å². The summed E-state index contributed by atoms with van der Waals surface area (Å²) in [6, 6.07) is 8.96. The molecule has 7 nitrogen and oxygen atoms in total. The van der Waals surface area contributed by atoms with Gasteiger partial charge < -0.3 is 9.64 Å². The Kier molecular flexibility index (Phi) is 5.16. The van der Waals surface area contributed by atoms with Gasteiger partial charge in [-0.05, 0) is 45.0 Å². The van der Waals surface area contributed by atoms with Crippen molar-refractivity contribution < 1.29 is 9.53 Å². The van der Waals surface area contributed by atoms with Crippen molar-refractivity contribution in [3.63, 3.8) is 0 Å². The van der Waals surface area contributed by atoms with E-state index in [2.05, 4.69) is 16.4 Å². The van der Waals surface area contributed by atoms with Crippen LogP contribution in [-0.2, 0) is 4.74 Å². The van der Waals surface area contributed by atoms with E-state index in [0.717, 1.165) is 0 Å². The fraction of sp³-hybridized carbons (Fsp3) is 0.500. The monoisotopic (exact) mass is 315 g/mol. The second-order valence-corrected chi connectivity index (χ2v) is 6.27. The highest BCUT2D eigenvalue weighted by Gasteiger charge is 2.25. The number of nitriles is 1. The molecule has 0 unspecified atom stereocenters. The molecule has 1 saturated heterocycles. The smallest absolute Gasteiger partial charge is 0.410 e. The molecule has 1 aromatic carbocycles. The molecule has 0 spiro atoms. The van der Waals surface area contributed by atoms with Gasteiger partial charge in [0.1, 0.15) is 5.60 Å². The van der Waals surface area contributed by atoms with Crippen LogP contribution in [0.25, 0.3) is 0 Å². The average molecular weight is 315 g/mol. The van der Waals surface area contributed by atoms with E-state index < -0.39 is 5.60 Å². The summed E-state index contributed by atoms with van der Waals surface area (Å²) in [5.74, 6) is 0. The van der Waals surface area contributed by atoms with E-state index in [-0.39, 0.29) is 6.09 Å². The van der Waals surface area contributed by atoms with Crippen molar-refractivity contribution in [1.82, 2.24) is 9.91 Å². The highest BCUT2D eigenvalue weighted by atomic mass is 16.6. The molecule has 0 N–H and O–H groups in total. The molecular weight excluding hydrogens is 294 g/mol. The number of benzene rings is 1. The fourth-order valence-electron chi connectivity index (χ4n) is 2.01. The van der Waals surface area contributed by atoms with Crippen LogP contribution in [-0.4, -0.2) is 47.8 Å². The zero-order valence-corrected chi connectivity index (χ0v) is 13.7. The number of amides is 1. The number of hydrogen-bond donors (Lipinski definition) is 0. The van der Waals surface area contributed by atoms with Gasteiger partial charge in [-0.3, -0.25) is 5.01 Å². The van der Waals surface area contributed by atoms with Crippen molar-refractivity contribution in [2.45, 2.75) is 26.4 Å². The Hall–Kier alpha value is -2.62. The minimum atomic E-state index is -0.483. The Morgan fingerprint density at radius 2 is 1.78 bits per heavy atom. The minimum Gasteiger partial charge on any atom is -0.444 e. The molecule has 0 atom stereocenters. The van der Waals surface area contributed by atoms with Crippen LogP contribution >= 0.6 is 0 Å². The topological polar surface area (TPSA) is 81.3 Å². The summed E-state index contributed by atoms with van der Waals surface area (Å²) in [7, 11) is 0. The molecule has 122 valence electrons. The average Bonchev–Trinajstić information content (AvgIpc) is 2.52. The van der Waals surface area contributed by atoms with Gasteiger partial charge in [0.15, 0.2) is 0 Å². The third-order valence-corrected chi connectivity index (χ3v) is 3.19. The molecule has 1 fully saturated rings. The van der Waals surface area contributed by atoms with Crippen LogP contribution < -0.4 is 0 Å². The molecule has 7 heteroatoms. The maximum absolute atomic E-state index is 12.0. The Labute approximate surface area is 136 Å². The molecule has 0 aromatic heterocycles. The van der Waals surface area contributed by atoms with E-state index in [0.29, 0.717) is 37.4 Å². The number of ether oxygens (including phenoxy) is 1. The van der Waals surface area contributed by atoms with Crippen LogP contribution in [0.1, 0.15) is 26.3 Å². The van der Waals surface area contributed by atoms with Crippen molar-refractivity contribution in [2.75, 3.05) is 26.2 Å². The molecule has 1 aliphatic heterocycles. The van der Waals surface area contributed by atoms with Gasteiger partial charge in [-0.2, -0.15) is 5.26 Å². The molecule has 1 heterocycles. The Balaban J connectivity index is 1.83. The lowest BCUT2D eigenvalue weighted by molar-refractivity contribution is 0.0141. The zero-order chi connectivity index (χ0) is 16.9. The van der Waals surface area contributed by atoms with Crippen molar-refractivity contribution in [1.29, 1.82) is 5.26 Å². The summed E-state index contributed by atoms with van der Waals surface area (Å²) in [4.78, 5) is 13.6. The summed E-state index contributed by atoms with van der Waals surface area (Å²) in [6.07, 6.45) is -0.291. The van der Waals surface area contributed by atoms with Gasteiger partial charge in [-0.15, -0.1) is 5.11 Å². The number of rotatable bonds is 2. The van der Waals surface area contributed by atoms with Crippen molar-refractivity contribution >= 4 is 11.8 Å². The van der Waals surface area contributed by atoms with E-state index in [1.54, 1.807) is 29.2 Å². The molecule has 1 aliphatic rings. The molecule has 0 bridgehead atoms. The summed E-state index contributed by atoms with van der Waals surface area (Å²) in [6.45, 7) is 7.90. The van der Waals surface area contributed by atoms with Crippen molar-refractivity contribution in [3.05, 3.63) is 29.8 Å². The highest BCUT2D eigenvalue weighted by molar-refractivity contribution is 5.68. The molecule has 0 radical (unpaired) electrons. The summed E-state index contributed by atoms with van der Waals surface area (Å²) >= 11 is 0. The lowest BCUT2D eigenvalue weighted by Crippen LogP contribution is -2.48. The summed E-state index contributed by atoms with van der Waals surface area (Å²) in [5, 5.41) is 18.9. The molecule has 2 rings (SSSR count). The largest absolute Gasteiger partial charge is 0.444 e. The van der Waals surface area contributed by atoms with E-state index in [4.69, 9.17) is 10.00 Å². The van der Waals surface area contributed by atoms with Crippen LogP contribution in [0.15, 0.2) is 34.6 Å². The Morgan fingerprint density at radius 3 is 2.30 bits per heavy atom. The Morgan fingerprint density at radius 1 is 1.17 bits per heavy atom. The van der Waals surface area contributed by atoms with Gasteiger partial charge in [0.2, 0.25) is 0 Å². The number of piperazine rings is 1. The molecule has 1 amide bonds. The van der Waals surface area contributed by atoms with Crippen LogP contribution in [0.3, 0.4) is 0 Å². The molecule has 23 heavy (non-hydrogen) atoms. The SMILES string of the molecule is CC(C)(C)OC(=O)N1CCN(N=Nc2ccc(C#N)cc2)CC1. The van der Waals surface area contributed by atoms with Gasteiger partial charge >= 0.3 is 6.09 Å². The number of hydrogen-bond acceptors (Lipinski definition) is 5. The second-order valence-electron chi connectivity index (χ2n) is 6.27. The predicted molar refractivity (Wildman–Crippen MR) is 85.1 cm³/mol. The number of carbonyl (C=O) groups is 1. The van der Waals surface area contributed by atoms with Gasteiger partial charge in [0.05, 0.1) is 30.4 Å². The van der Waals surface area contributed by atoms with E-state index >= 15 is 0 Å².